The van der Waals surface area contributed by atoms with E-state index in [1.807, 2.05) is 0 Å². The van der Waals surface area contributed by atoms with Gasteiger partial charge in [-0.1, -0.05) is 19.8 Å². The average molecular weight is 156 g/mol. The molecule has 0 bridgehead atoms. The van der Waals surface area contributed by atoms with Crippen LogP contribution >= 0.6 is 0 Å². The van der Waals surface area contributed by atoms with E-state index in [0.717, 1.165) is 6.42 Å². The molecule has 0 amide bonds. The minimum absolute atomic E-state index is 0.338. The van der Waals surface area contributed by atoms with Crippen LogP contribution in [-0.2, 0) is 0 Å². The molecule has 1 rings (SSSR count). The standard InChI is InChI=1S/C9H20N2/c1-2-8(10)7-5-3-4-6-9(7)11/h7-9H,2-6,10-11H2,1H3. The van der Waals surface area contributed by atoms with Gasteiger partial charge in [-0.3, -0.25) is 0 Å². The van der Waals surface area contributed by atoms with Crippen LogP contribution in [0.3, 0.4) is 0 Å². The predicted octanol–water partition coefficient (Wildman–Crippen LogP) is 1.24. The summed E-state index contributed by atoms with van der Waals surface area (Å²) in [6.45, 7) is 2.14. The third-order valence-electron chi connectivity index (χ3n) is 2.90. The van der Waals surface area contributed by atoms with Gasteiger partial charge in [-0.25, -0.2) is 0 Å². The van der Waals surface area contributed by atoms with Gasteiger partial charge in [0.15, 0.2) is 0 Å². The van der Waals surface area contributed by atoms with E-state index in [0.29, 0.717) is 18.0 Å². The molecule has 1 saturated carbocycles. The third kappa shape index (κ3) is 2.17. The summed E-state index contributed by atoms with van der Waals surface area (Å²) in [4.78, 5) is 0. The van der Waals surface area contributed by atoms with Gasteiger partial charge in [-0.2, -0.15) is 0 Å². The molecule has 0 aliphatic heterocycles. The molecule has 1 aliphatic rings. The molecule has 2 nitrogen and oxygen atoms in total. The third-order valence-corrected chi connectivity index (χ3v) is 2.90. The second-order valence-corrected chi connectivity index (χ2v) is 3.68. The van der Waals surface area contributed by atoms with E-state index < -0.39 is 0 Å². The molecule has 1 aliphatic carbocycles. The summed E-state index contributed by atoms with van der Waals surface area (Å²) in [6, 6.07) is 0.712. The normalized spacial score (nSPS) is 35.2. The van der Waals surface area contributed by atoms with Crippen LogP contribution in [0.15, 0.2) is 0 Å². The fourth-order valence-electron chi connectivity index (χ4n) is 2.02. The smallest absolute Gasteiger partial charge is 0.00819 e. The highest BCUT2D eigenvalue weighted by atomic mass is 14.7. The lowest BCUT2D eigenvalue weighted by Crippen LogP contribution is -2.44. The minimum Gasteiger partial charge on any atom is -0.327 e. The quantitative estimate of drug-likeness (QED) is 0.632. The Kier molecular flexibility index (Phi) is 3.34. The van der Waals surface area contributed by atoms with Gasteiger partial charge >= 0.3 is 0 Å². The van der Waals surface area contributed by atoms with Gasteiger partial charge < -0.3 is 11.5 Å². The Labute approximate surface area is 69.3 Å². The van der Waals surface area contributed by atoms with Gasteiger partial charge in [0.05, 0.1) is 0 Å². The molecule has 0 radical (unpaired) electrons. The summed E-state index contributed by atoms with van der Waals surface area (Å²) in [6.07, 6.45) is 6.12. The maximum Gasteiger partial charge on any atom is 0.00819 e. The van der Waals surface area contributed by atoms with Gasteiger partial charge in [0, 0.05) is 12.1 Å². The molecule has 4 N–H and O–H groups in total. The van der Waals surface area contributed by atoms with Crippen LogP contribution in [0, 0.1) is 5.92 Å². The Balaban J connectivity index is 2.40. The molecular weight excluding hydrogens is 136 g/mol. The zero-order valence-corrected chi connectivity index (χ0v) is 7.42. The van der Waals surface area contributed by atoms with Crippen molar-refractivity contribution in [1.82, 2.24) is 0 Å². The molecule has 0 saturated heterocycles. The van der Waals surface area contributed by atoms with Gasteiger partial charge in [-0.05, 0) is 25.2 Å². The summed E-state index contributed by atoms with van der Waals surface area (Å²) >= 11 is 0. The summed E-state index contributed by atoms with van der Waals surface area (Å²) in [5.41, 5.74) is 11.9. The van der Waals surface area contributed by atoms with Gasteiger partial charge in [0.1, 0.15) is 0 Å². The fourth-order valence-corrected chi connectivity index (χ4v) is 2.02. The number of rotatable bonds is 2. The van der Waals surface area contributed by atoms with Crippen molar-refractivity contribution >= 4 is 0 Å². The van der Waals surface area contributed by atoms with E-state index in [-0.39, 0.29) is 0 Å². The SMILES string of the molecule is CCC(N)C1CCCCC1N. The number of hydrogen-bond donors (Lipinski definition) is 2. The Bertz CT molecular complexity index is 110. The van der Waals surface area contributed by atoms with Crippen LogP contribution in [0.5, 0.6) is 0 Å². The fraction of sp³-hybridized carbons (Fsp3) is 1.00. The first kappa shape index (κ1) is 9.01. The predicted molar refractivity (Wildman–Crippen MR) is 48.2 cm³/mol. The highest BCUT2D eigenvalue weighted by Crippen LogP contribution is 2.25. The van der Waals surface area contributed by atoms with Crippen LogP contribution < -0.4 is 11.5 Å². The highest BCUT2D eigenvalue weighted by Gasteiger charge is 2.25. The first-order valence-electron chi connectivity index (χ1n) is 4.77. The maximum absolute atomic E-state index is 5.98. The van der Waals surface area contributed by atoms with E-state index in [2.05, 4.69) is 6.92 Å². The maximum atomic E-state index is 5.98. The minimum atomic E-state index is 0.338. The Morgan fingerprint density at radius 2 is 2.00 bits per heavy atom. The second kappa shape index (κ2) is 4.07. The summed E-state index contributed by atoms with van der Waals surface area (Å²) in [5, 5.41) is 0. The van der Waals surface area contributed by atoms with Crippen LogP contribution in [-0.4, -0.2) is 12.1 Å². The Hall–Kier alpha value is -0.0800. The molecule has 0 aromatic heterocycles. The van der Waals surface area contributed by atoms with E-state index in [1.54, 1.807) is 0 Å². The van der Waals surface area contributed by atoms with Crippen LogP contribution in [0.4, 0.5) is 0 Å². The van der Waals surface area contributed by atoms with Crippen molar-refractivity contribution in [3.05, 3.63) is 0 Å². The Morgan fingerprint density at radius 1 is 1.36 bits per heavy atom. The van der Waals surface area contributed by atoms with Crippen molar-refractivity contribution < 1.29 is 0 Å². The molecular formula is C9H20N2. The summed E-state index contributed by atoms with van der Waals surface area (Å²) < 4.78 is 0. The number of hydrogen-bond acceptors (Lipinski definition) is 2. The van der Waals surface area contributed by atoms with Crippen LogP contribution in [0.1, 0.15) is 39.0 Å². The topological polar surface area (TPSA) is 52.0 Å². The lowest BCUT2D eigenvalue weighted by Gasteiger charge is -2.32. The molecule has 3 unspecified atom stereocenters. The second-order valence-electron chi connectivity index (χ2n) is 3.68. The van der Waals surface area contributed by atoms with Gasteiger partial charge in [-0.15, -0.1) is 0 Å². The molecule has 0 heterocycles. The van der Waals surface area contributed by atoms with Crippen LogP contribution in [0.25, 0.3) is 0 Å². The molecule has 0 spiro atoms. The zero-order valence-electron chi connectivity index (χ0n) is 7.42. The molecule has 66 valence electrons. The van der Waals surface area contributed by atoms with Gasteiger partial charge in [0.25, 0.3) is 0 Å². The van der Waals surface area contributed by atoms with Crippen molar-refractivity contribution in [3.63, 3.8) is 0 Å². The van der Waals surface area contributed by atoms with E-state index in [1.165, 1.54) is 25.7 Å². The molecule has 0 aromatic carbocycles. The first-order chi connectivity index (χ1) is 5.25. The number of nitrogens with two attached hydrogens (primary N) is 2. The Morgan fingerprint density at radius 3 is 2.55 bits per heavy atom. The molecule has 11 heavy (non-hydrogen) atoms. The van der Waals surface area contributed by atoms with Crippen molar-refractivity contribution in [1.29, 1.82) is 0 Å². The monoisotopic (exact) mass is 156 g/mol. The van der Waals surface area contributed by atoms with Crippen LogP contribution in [0.2, 0.25) is 0 Å². The molecule has 2 heteroatoms. The zero-order chi connectivity index (χ0) is 8.27. The largest absolute Gasteiger partial charge is 0.327 e. The van der Waals surface area contributed by atoms with Crippen molar-refractivity contribution in [2.45, 2.75) is 51.1 Å². The lowest BCUT2D eigenvalue weighted by molar-refractivity contribution is 0.259. The first-order valence-corrected chi connectivity index (χ1v) is 4.77. The van der Waals surface area contributed by atoms with E-state index in [9.17, 15) is 0 Å². The summed E-state index contributed by atoms with van der Waals surface area (Å²) in [5.74, 6) is 0.591. The van der Waals surface area contributed by atoms with Crippen molar-refractivity contribution in [3.8, 4) is 0 Å². The molecule has 0 aromatic rings. The lowest BCUT2D eigenvalue weighted by atomic mass is 9.80. The summed E-state index contributed by atoms with van der Waals surface area (Å²) in [7, 11) is 0. The molecule has 1 fully saturated rings. The van der Waals surface area contributed by atoms with E-state index >= 15 is 0 Å². The molecule has 3 atom stereocenters. The highest BCUT2D eigenvalue weighted by molar-refractivity contribution is 4.84. The van der Waals surface area contributed by atoms with Gasteiger partial charge in [0.2, 0.25) is 0 Å². The van der Waals surface area contributed by atoms with Crippen molar-refractivity contribution in [2.24, 2.45) is 17.4 Å². The average Bonchev–Trinajstić information content (AvgIpc) is 2.04. The van der Waals surface area contributed by atoms with E-state index in [4.69, 9.17) is 11.5 Å². The van der Waals surface area contributed by atoms with Crippen molar-refractivity contribution in [2.75, 3.05) is 0 Å².